The fourth-order valence-electron chi connectivity index (χ4n) is 5.01. The topological polar surface area (TPSA) is 12.0 Å². The highest BCUT2D eigenvalue weighted by Crippen LogP contribution is 2.14. The van der Waals surface area contributed by atoms with E-state index in [1.807, 2.05) is 0 Å². The minimum Gasteiger partial charge on any atom is -0.317 e. The average molecular weight is 539 g/mol. The molecule has 0 aromatic carbocycles. The van der Waals surface area contributed by atoms with Crippen molar-refractivity contribution in [3.63, 3.8) is 0 Å². The maximum atomic E-state index is 3.67. The third-order valence-electron chi connectivity index (χ3n) is 7.41. The molecule has 0 saturated carbocycles. The molecule has 0 rings (SSSR count). The Morgan fingerprint density at radius 2 is 0.429 bits per heavy atom. The second-order valence-corrected chi connectivity index (χ2v) is 10.9. The molecule has 1 nitrogen and oxygen atoms in total. The van der Waals surface area contributed by atoms with Crippen LogP contribution in [0, 0.1) is 0 Å². The zero-order valence-electron chi connectivity index (χ0n) is 24.5. The SMILES string of the molecule is CCCCCCCCCCCCCCCCNCCCCCCCCCCCCCCCC.Cl.Cl. The number of unbranched alkanes of at least 4 members (excludes halogenated alkanes) is 26. The lowest BCUT2D eigenvalue weighted by molar-refractivity contribution is 0.518. The first-order valence-electron chi connectivity index (χ1n) is 16.1. The molecule has 0 aliphatic heterocycles. The Labute approximate surface area is 236 Å². The average Bonchev–Trinajstić information content (AvgIpc) is 2.83. The Morgan fingerprint density at radius 1 is 0.257 bits per heavy atom. The normalized spacial score (nSPS) is 10.8. The third-order valence-corrected chi connectivity index (χ3v) is 7.41. The van der Waals surface area contributed by atoms with E-state index in [4.69, 9.17) is 0 Å². The Morgan fingerprint density at radius 3 is 0.629 bits per heavy atom. The molecule has 0 aliphatic carbocycles. The summed E-state index contributed by atoms with van der Waals surface area (Å²) < 4.78 is 0. The van der Waals surface area contributed by atoms with Crippen molar-refractivity contribution >= 4 is 24.8 Å². The van der Waals surface area contributed by atoms with E-state index >= 15 is 0 Å². The largest absolute Gasteiger partial charge is 0.317 e. The summed E-state index contributed by atoms with van der Waals surface area (Å²) in [5.41, 5.74) is 0. The Balaban J connectivity index is -0.00000512. The van der Waals surface area contributed by atoms with Crippen LogP contribution in [-0.2, 0) is 0 Å². The lowest BCUT2D eigenvalue weighted by atomic mass is 10.0. The van der Waals surface area contributed by atoms with Crippen molar-refractivity contribution in [3.8, 4) is 0 Å². The molecular formula is C32H69Cl2N. The number of nitrogens with one attached hydrogen (secondary N) is 1. The molecule has 3 heteroatoms. The lowest BCUT2D eigenvalue weighted by Gasteiger charge is -2.06. The van der Waals surface area contributed by atoms with Crippen molar-refractivity contribution in [2.24, 2.45) is 0 Å². The molecule has 0 aromatic rings. The van der Waals surface area contributed by atoms with Gasteiger partial charge in [-0.15, -0.1) is 24.8 Å². The van der Waals surface area contributed by atoms with Gasteiger partial charge in [0, 0.05) is 0 Å². The van der Waals surface area contributed by atoms with Crippen molar-refractivity contribution in [2.45, 2.75) is 194 Å². The number of rotatable bonds is 30. The fraction of sp³-hybridized carbons (Fsp3) is 1.00. The van der Waals surface area contributed by atoms with E-state index in [-0.39, 0.29) is 24.8 Å². The molecule has 0 unspecified atom stereocenters. The van der Waals surface area contributed by atoms with Crippen molar-refractivity contribution in [3.05, 3.63) is 0 Å². The van der Waals surface area contributed by atoms with E-state index in [0.717, 1.165) is 0 Å². The van der Waals surface area contributed by atoms with Crippen molar-refractivity contribution in [1.29, 1.82) is 0 Å². The molecule has 0 heterocycles. The van der Waals surface area contributed by atoms with Gasteiger partial charge >= 0.3 is 0 Å². The number of hydrogen-bond acceptors (Lipinski definition) is 1. The van der Waals surface area contributed by atoms with E-state index in [1.165, 1.54) is 193 Å². The second-order valence-electron chi connectivity index (χ2n) is 10.9. The van der Waals surface area contributed by atoms with Gasteiger partial charge in [-0.05, 0) is 25.9 Å². The third kappa shape index (κ3) is 39.2. The molecule has 0 aromatic heterocycles. The number of halogens is 2. The van der Waals surface area contributed by atoms with Crippen LogP contribution < -0.4 is 5.32 Å². The highest BCUT2D eigenvalue weighted by Gasteiger charge is 1.96. The van der Waals surface area contributed by atoms with Crippen molar-refractivity contribution in [2.75, 3.05) is 13.1 Å². The van der Waals surface area contributed by atoms with Crippen molar-refractivity contribution < 1.29 is 0 Å². The van der Waals surface area contributed by atoms with Gasteiger partial charge in [0.05, 0.1) is 0 Å². The standard InChI is InChI=1S/C32H67N.2ClH/c1-3-5-7-9-11-13-15-17-19-21-23-25-27-29-31-33-32-30-28-26-24-22-20-18-16-14-12-10-8-6-4-2;;/h33H,3-32H2,1-2H3;2*1H. The Kier molecular flexibility index (Phi) is 44.7. The quantitative estimate of drug-likeness (QED) is 0.0897. The van der Waals surface area contributed by atoms with Gasteiger partial charge in [0.15, 0.2) is 0 Å². The monoisotopic (exact) mass is 537 g/mol. The second kappa shape index (κ2) is 39.1. The van der Waals surface area contributed by atoms with Crippen LogP contribution in [-0.4, -0.2) is 13.1 Å². The van der Waals surface area contributed by atoms with Gasteiger partial charge in [0.2, 0.25) is 0 Å². The molecule has 35 heavy (non-hydrogen) atoms. The van der Waals surface area contributed by atoms with Crippen LogP contribution in [0.3, 0.4) is 0 Å². The molecule has 0 spiro atoms. The first-order chi connectivity index (χ1) is 16.4. The molecule has 0 saturated heterocycles. The van der Waals surface area contributed by atoms with E-state index in [0.29, 0.717) is 0 Å². The Bertz CT molecular complexity index is 295. The van der Waals surface area contributed by atoms with Gasteiger partial charge in [-0.1, -0.05) is 181 Å². The summed E-state index contributed by atoms with van der Waals surface area (Å²) in [6.45, 7) is 7.10. The summed E-state index contributed by atoms with van der Waals surface area (Å²) in [7, 11) is 0. The first kappa shape index (κ1) is 40.0. The van der Waals surface area contributed by atoms with Gasteiger partial charge in [0.25, 0.3) is 0 Å². The lowest BCUT2D eigenvalue weighted by Crippen LogP contribution is -2.16. The minimum atomic E-state index is 0. The maximum Gasteiger partial charge on any atom is -0.00489 e. The molecule has 0 atom stereocenters. The summed E-state index contributed by atoms with van der Waals surface area (Å²) in [4.78, 5) is 0. The summed E-state index contributed by atoms with van der Waals surface area (Å²) >= 11 is 0. The highest BCUT2D eigenvalue weighted by atomic mass is 35.5. The van der Waals surface area contributed by atoms with Crippen LogP contribution in [0.2, 0.25) is 0 Å². The van der Waals surface area contributed by atoms with Crippen LogP contribution in [0.5, 0.6) is 0 Å². The van der Waals surface area contributed by atoms with E-state index in [9.17, 15) is 0 Å². The number of hydrogen-bond donors (Lipinski definition) is 1. The molecule has 1 N–H and O–H groups in total. The van der Waals surface area contributed by atoms with Crippen LogP contribution in [0.4, 0.5) is 0 Å². The first-order valence-corrected chi connectivity index (χ1v) is 16.1. The van der Waals surface area contributed by atoms with Crippen LogP contribution in [0.25, 0.3) is 0 Å². The van der Waals surface area contributed by atoms with E-state index in [1.54, 1.807) is 0 Å². The predicted molar refractivity (Wildman–Crippen MR) is 168 cm³/mol. The van der Waals surface area contributed by atoms with E-state index < -0.39 is 0 Å². The molecular weight excluding hydrogens is 469 g/mol. The molecule has 216 valence electrons. The molecule has 0 radical (unpaired) electrons. The van der Waals surface area contributed by atoms with Gasteiger partial charge in [0.1, 0.15) is 0 Å². The summed E-state index contributed by atoms with van der Waals surface area (Å²) in [5.74, 6) is 0. The van der Waals surface area contributed by atoms with Crippen molar-refractivity contribution in [1.82, 2.24) is 5.32 Å². The zero-order valence-corrected chi connectivity index (χ0v) is 26.2. The summed E-state index contributed by atoms with van der Waals surface area (Å²) in [6.07, 6.45) is 40.7. The van der Waals surface area contributed by atoms with Crippen LogP contribution in [0.15, 0.2) is 0 Å². The zero-order chi connectivity index (χ0) is 23.9. The molecule has 0 amide bonds. The predicted octanol–water partition coefficient (Wildman–Crippen LogP) is 12.4. The maximum absolute atomic E-state index is 3.67. The summed E-state index contributed by atoms with van der Waals surface area (Å²) in [5, 5.41) is 3.67. The molecule has 0 bridgehead atoms. The van der Waals surface area contributed by atoms with Crippen LogP contribution in [0.1, 0.15) is 194 Å². The summed E-state index contributed by atoms with van der Waals surface area (Å²) in [6, 6.07) is 0. The van der Waals surface area contributed by atoms with Gasteiger partial charge in [-0.3, -0.25) is 0 Å². The van der Waals surface area contributed by atoms with Gasteiger partial charge in [-0.2, -0.15) is 0 Å². The Hall–Kier alpha value is 0.540. The minimum absolute atomic E-state index is 0. The van der Waals surface area contributed by atoms with Crippen LogP contribution >= 0.6 is 24.8 Å². The molecule has 0 fully saturated rings. The van der Waals surface area contributed by atoms with Gasteiger partial charge in [-0.25, -0.2) is 0 Å². The van der Waals surface area contributed by atoms with E-state index in [2.05, 4.69) is 19.2 Å². The molecule has 0 aliphatic rings. The van der Waals surface area contributed by atoms with Gasteiger partial charge < -0.3 is 5.32 Å². The fourth-order valence-corrected chi connectivity index (χ4v) is 5.01. The smallest absolute Gasteiger partial charge is 0.00489 e. The highest BCUT2D eigenvalue weighted by molar-refractivity contribution is 5.85.